The Kier molecular flexibility index (Phi) is 7.50. The molecule has 2 aromatic carbocycles. The number of amides is 2. The fraction of sp³-hybridized carbons (Fsp3) is 0.364. The molecular formula is C22H24Br2IN3O2. The summed E-state index contributed by atoms with van der Waals surface area (Å²) in [7, 11) is 0. The molecule has 1 aliphatic rings. The number of halogens is 3. The largest absolute Gasteiger partial charge is 0.368 e. The van der Waals surface area contributed by atoms with Gasteiger partial charge in [-0.15, -0.1) is 0 Å². The topological polar surface area (TPSA) is 52.7 Å². The van der Waals surface area contributed by atoms with Crippen LogP contribution in [0, 0.1) is 8.99 Å². The second-order valence-electron chi connectivity index (χ2n) is 8.28. The third kappa shape index (κ3) is 5.56. The summed E-state index contributed by atoms with van der Waals surface area (Å²) >= 11 is 9.08. The average molecular weight is 649 g/mol. The Bertz CT molecular complexity index is 950. The van der Waals surface area contributed by atoms with Crippen LogP contribution in [-0.4, -0.2) is 42.9 Å². The Hall–Kier alpha value is -1.13. The van der Waals surface area contributed by atoms with Crippen LogP contribution in [0.15, 0.2) is 45.3 Å². The summed E-state index contributed by atoms with van der Waals surface area (Å²) in [5.41, 5.74) is 2.11. The molecule has 0 aromatic heterocycles. The quantitative estimate of drug-likeness (QED) is 0.340. The lowest BCUT2D eigenvalue weighted by atomic mass is 9.94. The predicted octanol–water partition coefficient (Wildman–Crippen LogP) is 5.76. The number of hydrogen-bond donors (Lipinski definition) is 1. The maximum atomic E-state index is 12.7. The highest BCUT2D eigenvalue weighted by atomic mass is 127. The fourth-order valence-corrected chi connectivity index (χ4v) is 5.10. The first-order chi connectivity index (χ1) is 14.1. The van der Waals surface area contributed by atoms with E-state index in [9.17, 15) is 9.59 Å². The zero-order valence-corrected chi connectivity index (χ0v) is 22.5. The standard InChI is InChI=1S/C22H24Br2IN3O2/c1-22(2,3)21(30)28-10-8-27(9-11-28)16-6-4-15(5-7-16)26-20(29)17-12-14(23)13-18(24)19(17)25/h4-7,12-13H,8-11H2,1-3H3,(H,26,29). The minimum Gasteiger partial charge on any atom is -0.368 e. The lowest BCUT2D eigenvalue weighted by Crippen LogP contribution is -2.51. The van der Waals surface area contributed by atoms with Gasteiger partial charge in [0.05, 0.1) is 5.56 Å². The molecule has 1 N–H and O–H groups in total. The molecular weight excluding hydrogens is 625 g/mol. The molecule has 1 saturated heterocycles. The number of benzene rings is 2. The molecule has 0 atom stereocenters. The second-order valence-corrected chi connectivity index (χ2v) is 11.1. The van der Waals surface area contributed by atoms with Crippen LogP contribution in [0.5, 0.6) is 0 Å². The number of anilines is 2. The molecule has 2 amide bonds. The smallest absolute Gasteiger partial charge is 0.256 e. The molecule has 8 heteroatoms. The van der Waals surface area contributed by atoms with Gasteiger partial charge >= 0.3 is 0 Å². The van der Waals surface area contributed by atoms with Crippen LogP contribution in [0.2, 0.25) is 0 Å². The summed E-state index contributed by atoms with van der Waals surface area (Å²) in [5.74, 6) is 0.0532. The van der Waals surface area contributed by atoms with Crippen molar-refractivity contribution < 1.29 is 9.59 Å². The van der Waals surface area contributed by atoms with E-state index < -0.39 is 0 Å². The maximum Gasteiger partial charge on any atom is 0.256 e. The molecule has 0 spiro atoms. The molecule has 160 valence electrons. The van der Waals surface area contributed by atoms with Gasteiger partial charge in [0.1, 0.15) is 0 Å². The Balaban J connectivity index is 1.62. The molecule has 0 unspecified atom stereocenters. The fourth-order valence-electron chi connectivity index (χ4n) is 3.32. The van der Waals surface area contributed by atoms with Crippen LogP contribution in [0.3, 0.4) is 0 Å². The lowest BCUT2D eigenvalue weighted by Gasteiger charge is -2.38. The van der Waals surface area contributed by atoms with Crippen molar-refractivity contribution >= 4 is 77.6 Å². The molecule has 0 saturated carbocycles. The third-order valence-electron chi connectivity index (χ3n) is 4.94. The summed E-state index contributed by atoms with van der Waals surface area (Å²) in [6, 6.07) is 11.6. The van der Waals surface area contributed by atoms with E-state index >= 15 is 0 Å². The molecule has 1 aliphatic heterocycles. The van der Waals surface area contributed by atoms with Gasteiger partial charge in [0, 0.05) is 55.5 Å². The van der Waals surface area contributed by atoms with Crippen molar-refractivity contribution in [2.75, 3.05) is 36.4 Å². The van der Waals surface area contributed by atoms with Gasteiger partial charge in [0.2, 0.25) is 5.91 Å². The molecule has 30 heavy (non-hydrogen) atoms. The first kappa shape index (κ1) is 23.5. The van der Waals surface area contributed by atoms with Crippen LogP contribution < -0.4 is 10.2 Å². The van der Waals surface area contributed by atoms with Gasteiger partial charge in [0.25, 0.3) is 5.91 Å². The minimum atomic E-state index is -0.343. The van der Waals surface area contributed by atoms with E-state index in [1.807, 2.05) is 62.1 Å². The third-order valence-corrected chi connectivity index (χ3v) is 7.92. The van der Waals surface area contributed by atoms with Crippen LogP contribution in [0.1, 0.15) is 31.1 Å². The summed E-state index contributed by atoms with van der Waals surface area (Å²) in [6.45, 7) is 8.94. The van der Waals surface area contributed by atoms with Gasteiger partial charge in [-0.25, -0.2) is 0 Å². The predicted molar refractivity (Wildman–Crippen MR) is 137 cm³/mol. The van der Waals surface area contributed by atoms with E-state index in [1.54, 1.807) is 0 Å². The average Bonchev–Trinajstić information content (AvgIpc) is 2.70. The Morgan fingerprint density at radius 3 is 2.17 bits per heavy atom. The summed E-state index contributed by atoms with van der Waals surface area (Å²) in [6.07, 6.45) is 0. The van der Waals surface area contributed by atoms with Crippen molar-refractivity contribution in [2.24, 2.45) is 5.41 Å². The first-order valence-electron chi connectivity index (χ1n) is 9.66. The number of carbonyl (C=O) groups is 2. The zero-order chi connectivity index (χ0) is 22.1. The van der Waals surface area contributed by atoms with Crippen molar-refractivity contribution in [1.29, 1.82) is 0 Å². The molecule has 0 bridgehead atoms. The van der Waals surface area contributed by atoms with Gasteiger partial charge in [0.15, 0.2) is 0 Å². The van der Waals surface area contributed by atoms with E-state index in [4.69, 9.17) is 0 Å². The van der Waals surface area contributed by atoms with E-state index in [2.05, 4.69) is 64.7 Å². The van der Waals surface area contributed by atoms with Crippen molar-refractivity contribution in [3.63, 3.8) is 0 Å². The van der Waals surface area contributed by atoms with Crippen molar-refractivity contribution in [2.45, 2.75) is 20.8 Å². The van der Waals surface area contributed by atoms with Gasteiger partial charge in [-0.2, -0.15) is 0 Å². The monoisotopic (exact) mass is 647 g/mol. The molecule has 2 aromatic rings. The number of nitrogens with zero attached hydrogens (tertiary/aromatic N) is 2. The van der Waals surface area contributed by atoms with E-state index in [1.165, 1.54) is 0 Å². The van der Waals surface area contributed by atoms with Gasteiger partial charge in [-0.1, -0.05) is 36.7 Å². The number of carbonyl (C=O) groups excluding carboxylic acids is 2. The maximum absolute atomic E-state index is 12.7. The van der Waals surface area contributed by atoms with Gasteiger partial charge < -0.3 is 15.1 Å². The molecule has 0 radical (unpaired) electrons. The molecule has 0 aliphatic carbocycles. The molecule has 3 rings (SSSR count). The highest BCUT2D eigenvalue weighted by molar-refractivity contribution is 14.1. The number of piperazine rings is 1. The van der Waals surface area contributed by atoms with Crippen LogP contribution in [-0.2, 0) is 4.79 Å². The van der Waals surface area contributed by atoms with Gasteiger partial charge in [-0.3, -0.25) is 9.59 Å². The lowest BCUT2D eigenvalue weighted by molar-refractivity contribution is -0.139. The molecule has 1 heterocycles. The Morgan fingerprint density at radius 1 is 1.00 bits per heavy atom. The summed E-state index contributed by atoms with van der Waals surface area (Å²) in [4.78, 5) is 29.4. The minimum absolute atomic E-state index is 0.150. The summed E-state index contributed by atoms with van der Waals surface area (Å²) in [5, 5.41) is 2.97. The van der Waals surface area contributed by atoms with E-state index in [-0.39, 0.29) is 17.2 Å². The van der Waals surface area contributed by atoms with Crippen LogP contribution in [0.4, 0.5) is 11.4 Å². The first-order valence-corrected chi connectivity index (χ1v) is 12.3. The SMILES string of the molecule is CC(C)(C)C(=O)N1CCN(c2ccc(NC(=O)c3cc(Br)cc(Br)c3I)cc2)CC1. The van der Waals surface area contributed by atoms with E-state index in [0.717, 1.165) is 50.1 Å². The number of rotatable bonds is 3. The molecule has 1 fully saturated rings. The van der Waals surface area contributed by atoms with Crippen LogP contribution in [0.25, 0.3) is 0 Å². The van der Waals surface area contributed by atoms with Crippen molar-refractivity contribution in [3.05, 3.63) is 54.5 Å². The Labute approximate surface area is 208 Å². The number of nitrogens with one attached hydrogen (secondary N) is 1. The number of hydrogen-bond acceptors (Lipinski definition) is 3. The van der Waals surface area contributed by atoms with Crippen molar-refractivity contribution in [1.82, 2.24) is 4.90 Å². The van der Waals surface area contributed by atoms with Crippen molar-refractivity contribution in [3.8, 4) is 0 Å². The van der Waals surface area contributed by atoms with Gasteiger partial charge in [-0.05, 0) is 74.9 Å². The normalized spacial score (nSPS) is 14.6. The zero-order valence-electron chi connectivity index (χ0n) is 17.1. The highest BCUT2D eigenvalue weighted by Gasteiger charge is 2.29. The molecule has 5 nitrogen and oxygen atoms in total. The Morgan fingerprint density at radius 2 is 1.60 bits per heavy atom. The van der Waals surface area contributed by atoms with Crippen LogP contribution >= 0.6 is 54.5 Å². The summed E-state index contributed by atoms with van der Waals surface area (Å²) < 4.78 is 2.59. The second kappa shape index (κ2) is 9.56. The highest BCUT2D eigenvalue weighted by Crippen LogP contribution is 2.28. The van der Waals surface area contributed by atoms with E-state index in [0.29, 0.717) is 5.56 Å².